The Hall–Kier alpha value is -1.62. The van der Waals surface area contributed by atoms with Crippen LogP contribution in [0.5, 0.6) is 0 Å². The smallest absolute Gasteiger partial charge is 0.328 e. The fourth-order valence-electron chi connectivity index (χ4n) is 1.47. The van der Waals surface area contributed by atoms with Gasteiger partial charge in [-0.25, -0.2) is 4.79 Å². The molecular weight excluding hydrogens is 256 g/mol. The lowest BCUT2D eigenvalue weighted by Crippen LogP contribution is -2.42. The molecule has 0 aliphatic heterocycles. The highest BCUT2D eigenvalue weighted by molar-refractivity contribution is 6.16. The summed E-state index contributed by atoms with van der Waals surface area (Å²) >= 11 is 5.63. The van der Waals surface area contributed by atoms with E-state index >= 15 is 0 Å². The monoisotopic (exact) mass is 270 g/mol. The van der Waals surface area contributed by atoms with Crippen molar-refractivity contribution in [2.45, 2.75) is 25.3 Å². The maximum absolute atomic E-state index is 11.5. The maximum Gasteiger partial charge on any atom is 0.328 e. The molecule has 1 N–H and O–H groups in total. The minimum Gasteiger partial charge on any atom is -0.467 e. The number of halogens is 1. The number of aromatic nitrogens is 1. The van der Waals surface area contributed by atoms with Crippen LogP contribution in [-0.4, -0.2) is 30.0 Å². The number of alkyl halides is 1. The van der Waals surface area contributed by atoms with Crippen LogP contribution in [0.1, 0.15) is 18.2 Å². The molecule has 1 amide bonds. The van der Waals surface area contributed by atoms with Crippen molar-refractivity contribution in [2.24, 2.45) is 0 Å². The van der Waals surface area contributed by atoms with E-state index in [1.165, 1.54) is 14.0 Å². The number of nitrogens with one attached hydrogen (secondary N) is 1. The van der Waals surface area contributed by atoms with Gasteiger partial charge in [0.25, 0.3) is 0 Å². The number of hydrogen-bond acceptors (Lipinski definition) is 4. The molecule has 1 aromatic heterocycles. The molecule has 0 saturated heterocycles. The summed E-state index contributed by atoms with van der Waals surface area (Å²) in [6, 6.07) is 2.91. The predicted octanol–water partition coefficient (Wildman–Crippen LogP) is 1.04. The average Bonchev–Trinajstić information content (AvgIpc) is 2.37. The van der Waals surface area contributed by atoms with Crippen molar-refractivity contribution >= 4 is 23.5 Å². The SMILES string of the molecule is COC(=O)[C@H](Cc1ccc(CCl)nc1)NC(C)=O. The molecule has 0 bridgehead atoms. The van der Waals surface area contributed by atoms with Gasteiger partial charge in [-0.1, -0.05) is 6.07 Å². The van der Waals surface area contributed by atoms with Gasteiger partial charge in [0.15, 0.2) is 0 Å². The summed E-state index contributed by atoms with van der Waals surface area (Å²) in [4.78, 5) is 26.6. The third-order valence-corrected chi connectivity index (χ3v) is 2.60. The molecule has 0 spiro atoms. The first-order valence-electron chi connectivity index (χ1n) is 5.41. The van der Waals surface area contributed by atoms with E-state index in [0.717, 1.165) is 11.3 Å². The van der Waals surface area contributed by atoms with Gasteiger partial charge in [-0.2, -0.15) is 0 Å². The molecule has 0 radical (unpaired) electrons. The standard InChI is InChI=1S/C12H15ClN2O3/c1-8(16)15-11(12(17)18-2)5-9-3-4-10(6-13)14-7-9/h3-4,7,11H,5-6H2,1-2H3,(H,15,16)/t11-/m0/s1. The van der Waals surface area contributed by atoms with Crippen LogP contribution in [0.25, 0.3) is 0 Å². The fourth-order valence-corrected chi connectivity index (χ4v) is 1.63. The summed E-state index contributed by atoms with van der Waals surface area (Å²) in [7, 11) is 1.28. The Balaban J connectivity index is 2.75. The van der Waals surface area contributed by atoms with Crippen LogP contribution < -0.4 is 5.32 Å². The fraction of sp³-hybridized carbons (Fsp3) is 0.417. The highest BCUT2D eigenvalue weighted by Gasteiger charge is 2.20. The first kappa shape index (κ1) is 14.4. The summed E-state index contributed by atoms with van der Waals surface area (Å²) in [5.74, 6) is -0.422. The molecule has 0 unspecified atom stereocenters. The Labute approximate surface area is 110 Å². The van der Waals surface area contributed by atoms with Gasteiger partial charge in [0, 0.05) is 19.5 Å². The molecule has 0 fully saturated rings. The van der Waals surface area contributed by atoms with Crippen LogP contribution in [0.3, 0.4) is 0 Å². The first-order valence-corrected chi connectivity index (χ1v) is 5.95. The van der Waals surface area contributed by atoms with Crippen LogP contribution in [0, 0.1) is 0 Å². The molecule has 0 aliphatic carbocycles. The molecule has 1 aromatic rings. The summed E-state index contributed by atoms with van der Waals surface area (Å²) in [5, 5.41) is 2.54. The quantitative estimate of drug-likeness (QED) is 0.641. The van der Waals surface area contributed by atoms with E-state index in [9.17, 15) is 9.59 Å². The van der Waals surface area contributed by atoms with E-state index in [1.807, 2.05) is 6.07 Å². The van der Waals surface area contributed by atoms with Crippen molar-refractivity contribution in [3.05, 3.63) is 29.6 Å². The van der Waals surface area contributed by atoms with Gasteiger partial charge in [-0.05, 0) is 11.6 Å². The lowest BCUT2D eigenvalue weighted by atomic mass is 10.1. The van der Waals surface area contributed by atoms with Crippen molar-refractivity contribution in [3.8, 4) is 0 Å². The van der Waals surface area contributed by atoms with Crippen LogP contribution in [0.4, 0.5) is 0 Å². The van der Waals surface area contributed by atoms with Gasteiger partial charge in [-0.15, -0.1) is 11.6 Å². The molecule has 0 aliphatic rings. The number of ether oxygens (including phenoxy) is 1. The molecule has 1 heterocycles. The van der Waals surface area contributed by atoms with Crippen LogP contribution >= 0.6 is 11.6 Å². The van der Waals surface area contributed by atoms with Gasteiger partial charge in [0.05, 0.1) is 18.7 Å². The zero-order valence-corrected chi connectivity index (χ0v) is 11.0. The van der Waals surface area contributed by atoms with E-state index < -0.39 is 12.0 Å². The van der Waals surface area contributed by atoms with Crippen molar-refractivity contribution in [2.75, 3.05) is 7.11 Å². The Morgan fingerprint density at radius 2 is 2.22 bits per heavy atom. The highest BCUT2D eigenvalue weighted by atomic mass is 35.5. The van der Waals surface area contributed by atoms with Crippen molar-refractivity contribution < 1.29 is 14.3 Å². The Kier molecular flexibility index (Phi) is 5.58. The topological polar surface area (TPSA) is 68.3 Å². The number of pyridine rings is 1. The molecule has 18 heavy (non-hydrogen) atoms. The van der Waals surface area contributed by atoms with Crippen LogP contribution in [-0.2, 0) is 26.6 Å². The number of nitrogens with zero attached hydrogens (tertiary/aromatic N) is 1. The Morgan fingerprint density at radius 3 is 2.67 bits per heavy atom. The van der Waals surface area contributed by atoms with E-state index in [2.05, 4.69) is 15.0 Å². The molecule has 5 nitrogen and oxygen atoms in total. The molecule has 0 saturated carbocycles. The van der Waals surface area contributed by atoms with Crippen LogP contribution in [0.2, 0.25) is 0 Å². The normalized spacial score (nSPS) is 11.7. The van der Waals surface area contributed by atoms with E-state index in [-0.39, 0.29) is 5.91 Å². The largest absolute Gasteiger partial charge is 0.467 e. The van der Waals surface area contributed by atoms with Crippen LogP contribution in [0.15, 0.2) is 18.3 Å². The molecule has 98 valence electrons. The predicted molar refractivity (Wildman–Crippen MR) is 67.1 cm³/mol. The lowest BCUT2D eigenvalue weighted by Gasteiger charge is -2.15. The minimum absolute atomic E-state index is 0.282. The number of rotatable bonds is 5. The Morgan fingerprint density at radius 1 is 1.50 bits per heavy atom. The van der Waals surface area contributed by atoms with Gasteiger partial charge in [-0.3, -0.25) is 9.78 Å². The average molecular weight is 271 g/mol. The number of esters is 1. The molecular formula is C12H15ClN2O3. The third kappa shape index (κ3) is 4.33. The van der Waals surface area contributed by atoms with Gasteiger partial charge >= 0.3 is 5.97 Å². The maximum atomic E-state index is 11.5. The number of hydrogen-bond donors (Lipinski definition) is 1. The minimum atomic E-state index is -0.698. The van der Waals surface area contributed by atoms with Gasteiger partial charge in [0.1, 0.15) is 6.04 Å². The molecule has 1 rings (SSSR count). The zero-order chi connectivity index (χ0) is 13.5. The van der Waals surface area contributed by atoms with Crippen molar-refractivity contribution in [3.63, 3.8) is 0 Å². The first-order chi connectivity index (χ1) is 8.56. The number of carbonyl (C=O) groups is 2. The Bertz CT molecular complexity index is 420. The molecule has 6 heteroatoms. The summed E-state index contributed by atoms with van der Waals surface area (Å²) in [6.45, 7) is 1.35. The number of carbonyl (C=O) groups excluding carboxylic acids is 2. The van der Waals surface area contributed by atoms with Crippen molar-refractivity contribution in [1.82, 2.24) is 10.3 Å². The molecule has 0 aromatic carbocycles. The summed E-state index contributed by atoms with van der Waals surface area (Å²) in [6.07, 6.45) is 1.97. The van der Waals surface area contributed by atoms with E-state index in [1.54, 1.807) is 12.3 Å². The third-order valence-electron chi connectivity index (χ3n) is 2.33. The van der Waals surface area contributed by atoms with Gasteiger partial charge < -0.3 is 10.1 Å². The second-order valence-corrected chi connectivity index (χ2v) is 4.04. The second kappa shape index (κ2) is 6.96. The van der Waals surface area contributed by atoms with Crippen molar-refractivity contribution in [1.29, 1.82) is 0 Å². The zero-order valence-electron chi connectivity index (χ0n) is 10.3. The number of methoxy groups -OCH3 is 1. The van der Waals surface area contributed by atoms with E-state index in [4.69, 9.17) is 11.6 Å². The van der Waals surface area contributed by atoms with Gasteiger partial charge in [0.2, 0.25) is 5.91 Å². The highest BCUT2D eigenvalue weighted by Crippen LogP contribution is 2.06. The number of amides is 1. The lowest BCUT2D eigenvalue weighted by molar-refractivity contribution is -0.144. The second-order valence-electron chi connectivity index (χ2n) is 3.77. The molecule has 1 atom stereocenters. The summed E-state index contributed by atoms with van der Waals surface area (Å²) < 4.78 is 4.64. The summed E-state index contributed by atoms with van der Waals surface area (Å²) in [5.41, 5.74) is 1.59. The van der Waals surface area contributed by atoms with E-state index in [0.29, 0.717) is 12.3 Å².